The van der Waals surface area contributed by atoms with Crippen LogP contribution in [-0.4, -0.2) is 46.5 Å². The van der Waals surface area contributed by atoms with E-state index in [1.807, 2.05) is 13.8 Å². The van der Waals surface area contributed by atoms with E-state index in [1.54, 1.807) is 30.7 Å². The van der Waals surface area contributed by atoms with E-state index in [0.29, 0.717) is 17.2 Å². The second kappa shape index (κ2) is 6.19. The van der Waals surface area contributed by atoms with Crippen LogP contribution in [0, 0.1) is 0 Å². The van der Waals surface area contributed by atoms with E-state index in [-0.39, 0.29) is 12.2 Å². The van der Waals surface area contributed by atoms with Gasteiger partial charge in [0.25, 0.3) is 0 Å². The Morgan fingerprint density at radius 2 is 1.86 bits per heavy atom. The molecule has 0 amide bonds. The molecule has 0 spiro atoms. The van der Waals surface area contributed by atoms with Crippen LogP contribution in [0.1, 0.15) is 24.2 Å². The number of pyridine rings is 1. The van der Waals surface area contributed by atoms with Gasteiger partial charge < -0.3 is 9.64 Å². The van der Waals surface area contributed by atoms with Crippen LogP contribution in [0.25, 0.3) is 11.4 Å². The molecule has 0 N–H and O–H groups in total. The first-order valence-corrected chi connectivity index (χ1v) is 7.30. The molecular formula is C16H18N4O2. The minimum absolute atomic E-state index is 0.113. The third-order valence-corrected chi connectivity index (χ3v) is 3.57. The molecule has 0 radical (unpaired) electrons. The van der Waals surface area contributed by atoms with Gasteiger partial charge in [0.1, 0.15) is 5.82 Å². The number of carbonyl (C=O) groups is 1. The molecule has 0 aromatic carbocycles. The van der Waals surface area contributed by atoms with Gasteiger partial charge in [0.05, 0.1) is 17.8 Å². The number of anilines is 1. The number of aldehydes is 1. The average molecular weight is 298 g/mol. The maximum Gasteiger partial charge on any atom is 0.160 e. The van der Waals surface area contributed by atoms with Crippen molar-refractivity contribution in [2.75, 3.05) is 18.0 Å². The molecule has 1 aliphatic heterocycles. The van der Waals surface area contributed by atoms with Crippen molar-refractivity contribution in [3.8, 4) is 11.4 Å². The van der Waals surface area contributed by atoms with E-state index < -0.39 is 0 Å². The molecule has 0 bridgehead atoms. The molecule has 1 saturated heterocycles. The van der Waals surface area contributed by atoms with Crippen LogP contribution in [-0.2, 0) is 4.74 Å². The number of hydrogen-bond donors (Lipinski definition) is 0. The van der Waals surface area contributed by atoms with Gasteiger partial charge >= 0.3 is 0 Å². The van der Waals surface area contributed by atoms with Gasteiger partial charge in [0.15, 0.2) is 12.1 Å². The largest absolute Gasteiger partial charge is 0.372 e. The van der Waals surface area contributed by atoms with E-state index in [4.69, 9.17) is 4.74 Å². The van der Waals surface area contributed by atoms with Crippen molar-refractivity contribution in [1.29, 1.82) is 0 Å². The smallest absolute Gasteiger partial charge is 0.160 e. The average Bonchev–Trinajstić information content (AvgIpc) is 2.54. The van der Waals surface area contributed by atoms with Crippen LogP contribution < -0.4 is 4.90 Å². The SMILES string of the molecule is C[C@@H]1CN(c2ncc(-c3ncccn3)cc2C=O)C[C@H](C)O1. The molecule has 22 heavy (non-hydrogen) atoms. The van der Waals surface area contributed by atoms with Crippen molar-refractivity contribution in [1.82, 2.24) is 15.0 Å². The summed E-state index contributed by atoms with van der Waals surface area (Å²) in [5, 5.41) is 0. The molecule has 0 unspecified atom stereocenters. The lowest BCUT2D eigenvalue weighted by Crippen LogP contribution is -2.46. The Balaban J connectivity index is 1.94. The normalized spacial score (nSPS) is 21.6. The van der Waals surface area contributed by atoms with Crippen molar-refractivity contribution < 1.29 is 9.53 Å². The summed E-state index contributed by atoms with van der Waals surface area (Å²) in [7, 11) is 0. The van der Waals surface area contributed by atoms with Gasteiger partial charge in [-0.15, -0.1) is 0 Å². The Kier molecular flexibility index (Phi) is 4.11. The lowest BCUT2D eigenvalue weighted by atomic mass is 10.1. The molecule has 6 heteroatoms. The van der Waals surface area contributed by atoms with Crippen LogP contribution in [0.3, 0.4) is 0 Å². The van der Waals surface area contributed by atoms with Crippen LogP contribution in [0.5, 0.6) is 0 Å². The Bertz CT molecular complexity index is 652. The fourth-order valence-corrected chi connectivity index (χ4v) is 2.75. The molecule has 2 atom stereocenters. The van der Waals surface area contributed by atoms with Crippen molar-refractivity contribution in [2.24, 2.45) is 0 Å². The van der Waals surface area contributed by atoms with Crippen molar-refractivity contribution in [2.45, 2.75) is 26.1 Å². The van der Waals surface area contributed by atoms with Gasteiger partial charge in [-0.1, -0.05) is 0 Å². The molecule has 3 rings (SSSR count). The predicted octanol–water partition coefficient (Wildman–Crippen LogP) is 1.96. The maximum atomic E-state index is 11.5. The van der Waals surface area contributed by atoms with Gasteiger partial charge in [-0.05, 0) is 26.0 Å². The molecule has 0 aliphatic carbocycles. The van der Waals surface area contributed by atoms with E-state index in [2.05, 4.69) is 19.9 Å². The van der Waals surface area contributed by atoms with Gasteiger partial charge in [0.2, 0.25) is 0 Å². The topological polar surface area (TPSA) is 68.2 Å². The first kappa shape index (κ1) is 14.6. The minimum Gasteiger partial charge on any atom is -0.372 e. The minimum atomic E-state index is 0.113. The molecule has 6 nitrogen and oxygen atoms in total. The first-order valence-electron chi connectivity index (χ1n) is 7.30. The molecule has 114 valence electrons. The highest BCUT2D eigenvalue weighted by Crippen LogP contribution is 2.24. The van der Waals surface area contributed by atoms with Gasteiger partial charge in [-0.25, -0.2) is 15.0 Å². The lowest BCUT2D eigenvalue weighted by molar-refractivity contribution is -0.00549. The highest BCUT2D eigenvalue weighted by atomic mass is 16.5. The third-order valence-electron chi connectivity index (χ3n) is 3.57. The Morgan fingerprint density at radius 3 is 2.50 bits per heavy atom. The molecule has 2 aromatic heterocycles. The monoisotopic (exact) mass is 298 g/mol. The van der Waals surface area contributed by atoms with Gasteiger partial charge in [-0.3, -0.25) is 4.79 Å². The molecular weight excluding hydrogens is 280 g/mol. The van der Waals surface area contributed by atoms with Crippen LogP contribution >= 0.6 is 0 Å². The third kappa shape index (κ3) is 2.96. The highest BCUT2D eigenvalue weighted by Gasteiger charge is 2.25. The Labute approximate surface area is 129 Å². The molecule has 3 heterocycles. The number of nitrogens with zero attached hydrogens (tertiary/aromatic N) is 4. The number of carbonyl (C=O) groups excluding carboxylic acids is 1. The number of morpholine rings is 1. The lowest BCUT2D eigenvalue weighted by Gasteiger charge is -2.36. The zero-order valence-electron chi connectivity index (χ0n) is 12.6. The molecule has 2 aromatic rings. The fourth-order valence-electron chi connectivity index (χ4n) is 2.75. The summed E-state index contributed by atoms with van der Waals surface area (Å²) in [4.78, 5) is 26.4. The van der Waals surface area contributed by atoms with Crippen molar-refractivity contribution in [3.63, 3.8) is 0 Å². The number of ether oxygens (including phenoxy) is 1. The fraction of sp³-hybridized carbons (Fsp3) is 0.375. The Morgan fingerprint density at radius 1 is 1.18 bits per heavy atom. The molecule has 1 fully saturated rings. The summed E-state index contributed by atoms with van der Waals surface area (Å²) in [6.07, 6.45) is 6.11. The zero-order valence-corrected chi connectivity index (χ0v) is 12.6. The van der Waals surface area contributed by atoms with Crippen LogP contribution in [0.4, 0.5) is 5.82 Å². The number of aromatic nitrogens is 3. The molecule has 0 saturated carbocycles. The summed E-state index contributed by atoms with van der Waals surface area (Å²) < 4.78 is 5.73. The summed E-state index contributed by atoms with van der Waals surface area (Å²) in [5.41, 5.74) is 1.28. The van der Waals surface area contributed by atoms with E-state index in [0.717, 1.165) is 24.9 Å². The van der Waals surface area contributed by atoms with E-state index in [1.165, 1.54) is 0 Å². The zero-order chi connectivity index (χ0) is 15.5. The van der Waals surface area contributed by atoms with E-state index >= 15 is 0 Å². The summed E-state index contributed by atoms with van der Waals surface area (Å²) in [6, 6.07) is 3.54. The predicted molar refractivity (Wildman–Crippen MR) is 82.9 cm³/mol. The first-order chi connectivity index (χ1) is 10.7. The summed E-state index contributed by atoms with van der Waals surface area (Å²) in [6.45, 7) is 5.49. The number of hydrogen-bond acceptors (Lipinski definition) is 6. The second-order valence-corrected chi connectivity index (χ2v) is 5.49. The van der Waals surface area contributed by atoms with Gasteiger partial charge in [-0.2, -0.15) is 0 Å². The highest BCUT2D eigenvalue weighted by molar-refractivity contribution is 5.85. The van der Waals surface area contributed by atoms with Crippen molar-refractivity contribution in [3.05, 3.63) is 36.3 Å². The van der Waals surface area contributed by atoms with E-state index in [9.17, 15) is 4.79 Å². The maximum absolute atomic E-state index is 11.5. The Hall–Kier alpha value is -2.34. The molecule has 1 aliphatic rings. The summed E-state index contributed by atoms with van der Waals surface area (Å²) >= 11 is 0. The quantitative estimate of drug-likeness (QED) is 0.807. The summed E-state index contributed by atoms with van der Waals surface area (Å²) in [5.74, 6) is 1.25. The van der Waals surface area contributed by atoms with Crippen LogP contribution in [0.15, 0.2) is 30.7 Å². The second-order valence-electron chi connectivity index (χ2n) is 5.49. The van der Waals surface area contributed by atoms with Crippen LogP contribution in [0.2, 0.25) is 0 Å². The standard InChI is InChI=1S/C16H18N4O2/c1-11-8-20(9-12(2)22-11)16-14(10-21)6-13(7-19-16)15-17-4-3-5-18-15/h3-7,10-12H,8-9H2,1-2H3/t11-,12+. The van der Waals surface area contributed by atoms with Gasteiger partial charge in [0, 0.05) is 37.2 Å². The number of rotatable bonds is 3. The van der Waals surface area contributed by atoms with Crippen molar-refractivity contribution >= 4 is 12.1 Å².